The van der Waals surface area contributed by atoms with Gasteiger partial charge in [0.25, 0.3) is 0 Å². The number of hydrogen-bond acceptors (Lipinski definition) is 4. The van der Waals surface area contributed by atoms with Gasteiger partial charge < -0.3 is 0 Å². The van der Waals surface area contributed by atoms with E-state index in [-0.39, 0.29) is 23.0 Å². The van der Waals surface area contributed by atoms with E-state index in [9.17, 15) is 18.0 Å². The second kappa shape index (κ2) is 11.2. The van der Waals surface area contributed by atoms with Gasteiger partial charge >= 0.3 is 0 Å². The molecule has 0 aliphatic carbocycles. The summed E-state index contributed by atoms with van der Waals surface area (Å²) in [7, 11) is -3.90. The number of carbonyl (C=O) groups excluding carboxylic acids is 2. The lowest BCUT2D eigenvalue weighted by Crippen LogP contribution is -2.51. The van der Waals surface area contributed by atoms with E-state index in [0.717, 1.165) is 5.56 Å². The molecule has 1 aliphatic rings. The topological polar surface area (TPSA) is 71.5 Å². The Morgan fingerprint density at radius 2 is 1.55 bits per heavy atom. The van der Waals surface area contributed by atoms with Crippen LogP contribution in [-0.2, 0) is 26.0 Å². The van der Waals surface area contributed by atoms with Crippen molar-refractivity contribution < 1.29 is 18.0 Å². The van der Waals surface area contributed by atoms with Crippen molar-refractivity contribution in [3.8, 4) is 0 Å². The Kier molecular flexibility index (Phi) is 9.04. The molecule has 0 amide bonds. The standard InChI is InChI=1S/C30H37Cl2NO4S/c1-19(34)22(15-20-11-9-8-10-12-20)17-26(35)23-18-27(29(2,3)4)33(38(36,37)30(5,6)7)28(23)21-13-14-24(31)25(32)16-21/h8-14,16,18,22,27-28H,15,17H2,1-7H3/t22-,27+,28?/m1/s1. The molecular weight excluding hydrogens is 541 g/mol. The van der Waals surface area contributed by atoms with Gasteiger partial charge in [-0.05, 0) is 62.8 Å². The average Bonchev–Trinajstić information content (AvgIpc) is 3.22. The Morgan fingerprint density at radius 3 is 2.05 bits per heavy atom. The molecule has 8 heteroatoms. The van der Waals surface area contributed by atoms with E-state index in [1.54, 1.807) is 45.0 Å². The van der Waals surface area contributed by atoms with E-state index < -0.39 is 38.2 Å². The summed E-state index contributed by atoms with van der Waals surface area (Å²) in [6.07, 6.45) is 2.19. The minimum atomic E-state index is -3.90. The van der Waals surface area contributed by atoms with Crippen molar-refractivity contribution in [2.45, 2.75) is 78.1 Å². The van der Waals surface area contributed by atoms with Crippen LogP contribution < -0.4 is 0 Å². The summed E-state index contributed by atoms with van der Waals surface area (Å²) < 4.78 is 28.4. The van der Waals surface area contributed by atoms with Gasteiger partial charge in [0.05, 0.1) is 20.8 Å². The van der Waals surface area contributed by atoms with E-state index in [4.69, 9.17) is 23.2 Å². The maximum absolute atomic E-state index is 14.1. The van der Waals surface area contributed by atoms with E-state index in [1.165, 1.54) is 11.2 Å². The second-order valence-corrected chi connectivity index (χ2v) is 15.5. The second-order valence-electron chi connectivity index (χ2n) is 12.1. The SMILES string of the molecule is CC(=O)[C@@H](CC(=O)C1=C[C@@H](C(C)(C)C)N(S(=O)(=O)C(C)(C)C)C1c1ccc(Cl)c(Cl)c1)Cc1ccccc1. The highest BCUT2D eigenvalue weighted by Crippen LogP contribution is 2.48. The molecule has 0 bridgehead atoms. The van der Waals surface area contributed by atoms with Crippen molar-refractivity contribution in [3.05, 3.63) is 81.4 Å². The fraction of sp³-hybridized carbons (Fsp3) is 0.467. The van der Waals surface area contributed by atoms with Gasteiger partial charge in [-0.1, -0.05) is 86.4 Å². The zero-order valence-corrected chi connectivity index (χ0v) is 25.4. The molecule has 2 aromatic carbocycles. The minimum absolute atomic E-state index is 0.0197. The smallest absolute Gasteiger partial charge is 0.220 e. The molecule has 0 radical (unpaired) electrons. The van der Waals surface area contributed by atoms with Gasteiger partial charge in [-0.2, -0.15) is 4.31 Å². The number of Topliss-reactive ketones (excluding diaryl/α,β-unsaturated/α-hetero) is 2. The van der Waals surface area contributed by atoms with Crippen molar-refractivity contribution in [2.75, 3.05) is 0 Å². The first-order valence-electron chi connectivity index (χ1n) is 12.7. The molecule has 0 saturated heterocycles. The summed E-state index contributed by atoms with van der Waals surface area (Å²) in [4.78, 5) is 26.6. The maximum atomic E-state index is 14.1. The first-order valence-corrected chi connectivity index (χ1v) is 14.9. The van der Waals surface area contributed by atoms with Gasteiger partial charge in [-0.25, -0.2) is 8.42 Å². The third-order valence-corrected chi connectivity index (χ3v) is 10.3. The number of rotatable bonds is 8. The molecule has 1 unspecified atom stereocenters. The van der Waals surface area contributed by atoms with Gasteiger partial charge in [0.1, 0.15) is 5.78 Å². The van der Waals surface area contributed by atoms with Crippen molar-refractivity contribution in [1.82, 2.24) is 4.31 Å². The molecular formula is C30H37Cl2NO4S. The fourth-order valence-electron chi connectivity index (χ4n) is 4.72. The predicted molar refractivity (Wildman–Crippen MR) is 155 cm³/mol. The lowest BCUT2D eigenvalue weighted by atomic mass is 9.85. The number of sulfonamides is 1. The molecule has 3 atom stereocenters. The molecule has 3 rings (SSSR count). The van der Waals surface area contributed by atoms with Crippen molar-refractivity contribution >= 4 is 44.8 Å². The summed E-state index contributed by atoms with van der Waals surface area (Å²) >= 11 is 12.5. The minimum Gasteiger partial charge on any atom is -0.300 e. The van der Waals surface area contributed by atoms with Crippen LogP contribution in [0, 0.1) is 11.3 Å². The van der Waals surface area contributed by atoms with Crippen LogP contribution in [0.1, 0.15) is 72.1 Å². The summed E-state index contributed by atoms with van der Waals surface area (Å²) in [5.74, 6) is -0.863. The Balaban J connectivity index is 2.14. The molecule has 38 heavy (non-hydrogen) atoms. The van der Waals surface area contributed by atoms with Crippen LogP contribution >= 0.6 is 23.2 Å². The highest BCUT2D eigenvalue weighted by Gasteiger charge is 2.52. The number of ketones is 2. The summed E-state index contributed by atoms with van der Waals surface area (Å²) in [5.41, 5.74) is 1.36. The maximum Gasteiger partial charge on any atom is 0.220 e. The Morgan fingerprint density at radius 1 is 0.947 bits per heavy atom. The molecule has 206 valence electrons. The van der Waals surface area contributed by atoms with Gasteiger partial charge in [0.2, 0.25) is 10.0 Å². The number of hydrogen-bond donors (Lipinski definition) is 0. The van der Waals surface area contributed by atoms with Gasteiger partial charge in [-0.15, -0.1) is 0 Å². The van der Waals surface area contributed by atoms with Gasteiger partial charge in [-0.3, -0.25) is 9.59 Å². The third kappa shape index (κ3) is 6.41. The third-order valence-electron chi connectivity index (χ3n) is 7.01. The Labute approximate surface area is 237 Å². The summed E-state index contributed by atoms with van der Waals surface area (Å²) in [6, 6.07) is 13.0. The van der Waals surface area contributed by atoms with Crippen LogP contribution in [0.2, 0.25) is 10.0 Å². The summed E-state index contributed by atoms with van der Waals surface area (Å²) in [5, 5.41) is 0.608. The number of nitrogens with zero attached hydrogens (tertiary/aromatic N) is 1. The largest absolute Gasteiger partial charge is 0.300 e. The molecule has 0 saturated carbocycles. The zero-order valence-electron chi connectivity index (χ0n) is 23.1. The first kappa shape index (κ1) is 30.6. The lowest BCUT2D eigenvalue weighted by Gasteiger charge is -2.40. The zero-order chi connectivity index (χ0) is 28.6. The quantitative estimate of drug-likeness (QED) is 0.332. The molecule has 0 fully saturated rings. The molecule has 5 nitrogen and oxygen atoms in total. The van der Waals surface area contributed by atoms with E-state index in [1.807, 2.05) is 51.1 Å². The van der Waals surface area contributed by atoms with Crippen LogP contribution in [0.5, 0.6) is 0 Å². The van der Waals surface area contributed by atoms with Gasteiger partial charge in [0.15, 0.2) is 5.78 Å². The molecule has 1 aliphatic heterocycles. The first-order chi connectivity index (χ1) is 17.4. The molecule has 0 spiro atoms. The van der Waals surface area contributed by atoms with Crippen LogP contribution in [0.15, 0.2) is 60.2 Å². The van der Waals surface area contributed by atoms with E-state index >= 15 is 0 Å². The van der Waals surface area contributed by atoms with Crippen LogP contribution in [0.4, 0.5) is 0 Å². The average molecular weight is 579 g/mol. The number of halogens is 2. The lowest BCUT2D eigenvalue weighted by molar-refractivity contribution is -0.125. The van der Waals surface area contributed by atoms with Crippen LogP contribution in [0.3, 0.4) is 0 Å². The monoisotopic (exact) mass is 577 g/mol. The Hall–Kier alpha value is -1.99. The van der Waals surface area contributed by atoms with Crippen molar-refractivity contribution in [3.63, 3.8) is 0 Å². The predicted octanol–water partition coefficient (Wildman–Crippen LogP) is 7.23. The van der Waals surface area contributed by atoms with Crippen LogP contribution in [-0.4, -0.2) is 35.1 Å². The summed E-state index contributed by atoms with van der Waals surface area (Å²) in [6.45, 7) is 12.3. The Bertz CT molecular complexity index is 1340. The van der Waals surface area contributed by atoms with E-state index in [0.29, 0.717) is 22.6 Å². The van der Waals surface area contributed by atoms with Crippen molar-refractivity contribution in [2.24, 2.45) is 11.3 Å². The molecule has 2 aromatic rings. The number of benzene rings is 2. The molecule has 1 heterocycles. The van der Waals surface area contributed by atoms with E-state index in [2.05, 4.69) is 0 Å². The van der Waals surface area contributed by atoms with Crippen molar-refractivity contribution in [1.29, 1.82) is 0 Å². The highest BCUT2D eigenvalue weighted by molar-refractivity contribution is 7.90. The molecule has 0 aromatic heterocycles. The van der Waals surface area contributed by atoms with Gasteiger partial charge in [0, 0.05) is 24.0 Å². The molecule has 0 N–H and O–H groups in total. The van der Waals surface area contributed by atoms with Crippen LogP contribution in [0.25, 0.3) is 0 Å². The normalized spacial score (nSPS) is 19.8. The number of carbonyl (C=O) groups is 2. The fourth-order valence-corrected chi connectivity index (χ4v) is 6.85. The highest BCUT2D eigenvalue weighted by atomic mass is 35.5.